The van der Waals surface area contributed by atoms with Gasteiger partial charge in [0, 0.05) is 7.05 Å². The summed E-state index contributed by atoms with van der Waals surface area (Å²) >= 11 is 1.17. The highest BCUT2D eigenvalue weighted by atomic mass is 32.2. The van der Waals surface area contributed by atoms with E-state index < -0.39 is 21.7 Å². The topological polar surface area (TPSA) is 78.0 Å². The van der Waals surface area contributed by atoms with Gasteiger partial charge in [0.15, 0.2) is 21.2 Å². The lowest BCUT2D eigenvalue weighted by atomic mass is 10.3. The van der Waals surface area contributed by atoms with Crippen LogP contribution in [0.4, 0.5) is 13.2 Å². The predicted molar refractivity (Wildman–Crippen MR) is 94.3 cm³/mol. The number of pyridine rings is 1. The molecule has 6 nitrogen and oxygen atoms in total. The van der Waals surface area contributed by atoms with Gasteiger partial charge >= 0.3 is 6.18 Å². The highest BCUT2D eigenvalue weighted by molar-refractivity contribution is 7.92. The number of nitrogens with zero attached hydrogens (tertiary/aromatic N) is 3. The van der Waals surface area contributed by atoms with E-state index in [0.29, 0.717) is 15.1 Å². The molecule has 0 saturated carbocycles. The second kappa shape index (κ2) is 5.80. The van der Waals surface area contributed by atoms with Gasteiger partial charge in [-0.05, 0) is 12.1 Å². The second-order valence-electron chi connectivity index (χ2n) is 5.83. The fourth-order valence-electron chi connectivity index (χ4n) is 2.82. The van der Waals surface area contributed by atoms with Gasteiger partial charge in [-0.2, -0.15) is 13.2 Å². The molecule has 4 aromatic rings. The van der Waals surface area contributed by atoms with Crippen LogP contribution in [0.15, 0.2) is 33.9 Å². The second-order valence-corrected chi connectivity index (χ2v) is 9.10. The summed E-state index contributed by atoms with van der Waals surface area (Å²) in [7, 11) is -2.05. The molecule has 0 aliphatic rings. The first-order chi connectivity index (χ1) is 12.6. The number of hydrogen-bond acceptors (Lipinski definition) is 6. The third kappa shape index (κ3) is 2.72. The van der Waals surface area contributed by atoms with Gasteiger partial charge in [0.05, 0.1) is 38.8 Å². The minimum Gasteiger partial charge on any atom is -0.462 e. The van der Waals surface area contributed by atoms with Gasteiger partial charge in [-0.25, -0.2) is 18.4 Å². The summed E-state index contributed by atoms with van der Waals surface area (Å²) < 4.78 is 71.5. The first-order valence-electron chi connectivity index (χ1n) is 7.76. The molecule has 27 heavy (non-hydrogen) atoms. The van der Waals surface area contributed by atoms with Crippen molar-refractivity contribution in [2.75, 3.05) is 5.75 Å². The van der Waals surface area contributed by atoms with Gasteiger partial charge in [0.25, 0.3) is 0 Å². The fourth-order valence-corrected chi connectivity index (χ4v) is 5.54. The molecule has 0 unspecified atom stereocenters. The van der Waals surface area contributed by atoms with Crippen molar-refractivity contribution in [2.24, 2.45) is 7.05 Å². The van der Waals surface area contributed by atoms with Gasteiger partial charge < -0.3 is 8.98 Å². The molecule has 0 fully saturated rings. The Balaban J connectivity index is 2.02. The quantitative estimate of drug-likeness (QED) is 0.500. The summed E-state index contributed by atoms with van der Waals surface area (Å²) in [6.45, 7) is 1.51. The van der Waals surface area contributed by atoms with Crippen molar-refractivity contribution in [2.45, 2.75) is 18.0 Å². The largest absolute Gasteiger partial charge is 0.462 e. The van der Waals surface area contributed by atoms with E-state index >= 15 is 0 Å². The van der Waals surface area contributed by atoms with Crippen molar-refractivity contribution in [3.05, 3.63) is 30.3 Å². The van der Waals surface area contributed by atoms with Gasteiger partial charge in [0.1, 0.15) is 10.6 Å². The van der Waals surface area contributed by atoms with E-state index in [0.717, 1.165) is 12.3 Å². The molecular formula is C16H12F3N3O3S2. The summed E-state index contributed by atoms with van der Waals surface area (Å²) in [5.41, 5.74) is -0.374. The molecule has 0 aromatic carbocycles. The number of halogens is 3. The monoisotopic (exact) mass is 415 g/mol. The minimum atomic E-state index is -4.59. The van der Waals surface area contributed by atoms with Crippen molar-refractivity contribution in [1.82, 2.24) is 14.5 Å². The van der Waals surface area contributed by atoms with Crippen LogP contribution in [0.2, 0.25) is 0 Å². The van der Waals surface area contributed by atoms with Crippen LogP contribution in [-0.4, -0.2) is 28.7 Å². The molecule has 0 saturated heterocycles. The first kappa shape index (κ1) is 18.0. The summed E-state index contributed by atoms with van der Waals surface area (Å²) in [6.07, 6.45) is -2.11. The Kier molecular flexibility index (Phi) is 3.86. The van der Waals surface area contributed by atoms with Crippen molar-refractivity contribution in [3.8, 4) is 10.7 Å². The number of alkyl halides is 3. The molecule has 4 aromatic heterocycles. The zero-order valence-corrected chi connectivity index (χ0v) is 15.7. The Morgan fingerprint density at radius 3 is 2.74 bits per heavy atom. The summed E-state index contributed by atoms with van der Waals surface area (Å²) in [5.74, 6) is 0.102. The van der Waals surface area contributed by atoms with E-state index in [1.165, 1.54) is 29.1 Å². The highest BCUT2D eigenvalue weighted by Crippen LogP contribution is 2.43. The molecule has 11 heteroatoms. The summed E-state index contributed by atoms with van der Waals surface area (Å²) in [5, 5.41) is 0. The maximum Gasteiger partial charge on any atom is 0.433 e. The lowest BCUT2D eigenvalue weighted by Crippen LogP contribution is -2.07. The Morgan fingerprint density at radius 1 is 1.33 bits per heavy atom. The Bertz CT molecular complexity index is 1280. The molecule has 4 rings (SSSR count). The van der Waals surface area contributed by atoms with Crippen LogP contribution in [0.3, 0.4) is 0 Å². The lowest BCUT2D eigenvalue weighted by molar-refractivity contribution is -0.141. The standard InChI is InChI=1S/C16H12F3N3O3S2/c1-3-27(23,24)14-12-10(4-5-25-12)26-13(14)15-21-8-6-11(16(17,18)19)20-7-9(8)22(15)2/h4-7H,3H2,1-2H3. The van der Waals surface area contributed by atoms with E-state index in [9.17, 15) is 21.6 Å². The van der Waals surface area contributed by atoms with Crippen molar-refractivity contribution >= 4 is 42.5 Å². The zero-order chi connectivity index (χ0) is 19.6. The molecular weight excluding hydrogens is 403 g/mol. The normalized spacial score (nSPS) is 13.1. The molecule has 0 spiro atoms. The first-order valence-corrected chi connectivity index (χ1v) is 10.2. The molecule has 0 aliphatic carbocycles. The van der Waals surface area contributed by atoms with Crippen molar-refractivity contribution in [3.63, 3.8) is 0 Å². The average Bonchev–Trinajstić information content (AvgIpc) is 3.26. The van der Waals surface area contributed by atoms with Crippen LogP contribution in [0.5, 0.6) is 0 Å². The van der Waals surface area contributed by atoms with Crippen molar-refractivity contribution in [1.29, 1.82) is 0 Å². The number of furan rings is 1. The average molecular weight is 415 g/mol. The van der Waals surface area contributed by atoms with Crippen LogP contribution in [0, 0.1) is 0 Å². The maximum atomic E-state index is 12.9. The summed E-state index contributed by atoms with van der Waals surface area (Å²) in [4.78, 5) is 8.06. The van der Waals surface area contributed by atoms with Crippen LogP contribution in [0.1, 0.15) is 12.6 Å². The van der Waals surface area contributed by atoms with E-state index in [4.69, 9.17) is 4.42 Å². The van der Waals surface area contributed by atoms with E-state index in [-0.39, 0.29) is 27.6 Å². The van der Waals surface area contributed by atoms with Gasteiger partial charge in [-0.1, -0.05) is 6.92 Å². The number of hydrogen-bond donors (Lipinski definition) is 0. The van der Waals surface area contributed by atoms with E-state index in [2.05, 4.69) is 9.97 Å². The third-order valence-electron chi connectivity index (χ3n) is 4.21. The van der Waals surface area contributed by atoms with Crippen LogP contribution < -0.4 is 0 Å². The Morgan fingerprint density at radius 2 is 2.07 bits per heavy atom. The van der Waals surface area contributed by atoms with E-state index in [1.54, 1.807) is 13.1 Å². The molecule has 0 N–H and O–H groups in total. The number of aryl methyl sites for hydroxylation is 1. The number of fused-ring (bicyclic) bond motifs is 2. The number of imidazole rings is 1. The number of thiophene rings is 1. The molecule has 0 atom stereocenters. The number of aromatic nitrogens is 3. The van der Waals surface area contributed by atoms with Crippen LogP contribution in [0.25, 0.3) is 32.0 Å². The Labute approximate surface area is 155 Å². The minimum absolute atomic E-state index is 0.0115. The maximum absolute atomic E-state index is 12.9. The molecule has 0 aliphatic heterocycles. The van der Waals surface area contributed by atoms with E-state index in [1.807, 2.05) is 0 Å². The fraction of sp³-hybridized carbons (Fsp3) is 0.250. The van der Waals surface area contributed by atoms with Crippen LogP contribution >= 0.6 is 11.3 Å². The smallest absolute Gasteiger partial charge is 0.433 e. The Hall–Kier alpha value is -2.40. The van der Waals surface area contributed by atoms with Crippen LogP contribution in [-0.2, 0) is 23.1 Å². The molecule has 142 valence electrons. The zero-order valence-electron chi connectivity index (χ0n) is 14.0. The van der Waals surface area contributed by atoms with Gasteiger partial charge in [-0.3, -0.25) is 0 Å². The molecule has 4 heterocycles. The molecule has 0 bridgehead atoms. The number of rotatable bonds is 3. The van der Waals surface area contributed by atoms with Crippen molar-refractivity contribution < 1.29 is 26.0 Å². The molecule has 0 amide bonds. The number of sulfone groups is 1. The van der Waals surface area contributed by atoms with Gasteiger partial charge in [-0.15, -0.1) is 11.3 Å². The lowest BCUT2D eigenvalue weighted by Gasteiger charge is -2.05. The SMILES string of the molecule is CCS(=O)(=O)c1c(-c2nc3cc(C(F)(F)F)ncc3n2C)sc2ccoc12. The predicted octanol–water partition coefficient (Wildman–Crippen LogP) is 4.26. The summed E-state index contributed by atoms with van der Waals surface area (Å²) in [6, 6.07) is 2.49. The van der Waals surface area contributed by atoms with Gasteiger partial charge in [0.2, 0.25) is 0 Å². The highest BCUT2D eigenvalue weighted by Gasteiger charge is 2.34. The third-order valence-corrected chi connectivity index (χ3v) is 7.24. The molecule has 0 radical (unpaired) electrons.